The molecule has 1 N–H and O–H groups in total. The summed E-state index contributed by atoms with van der Waals surface area (Å²) in [5, 5.41) is 2.82. The molecule has 0 unspecified atom stereocenters. The van der Waals surface area contributed by atoms with Gasteiger partial charge in [-0.15, -0.1) is 0 Å². The van der Waals surface area contributed by atoms with E-state index in [1.165, 1.54) is 5.56 Å². The van der Waals surface area contributed by atoms with E-state index < -0.39 is 0 Å². The van der Waals surface area contributed by atoms with Crippen molar-refractivity contribution in [3.8, 4) is 11.5 Å². The van der Waals surface area contributed by atoms with Gasteiger partial charge < -0.3 is 14.8 Å². The first-order valence-electron chi connectivity index (χ1n) is 8.81. The van der Waals surface area contributed by atoms with Gasteiger partial charge in [-0.05, 0) is 60.7 Å². The first-order chi connectivity index (χ1) is 12.1. The molecule has 2 aromatic carbocycles. The largest absolute Gasteiger partial charge is 0.494 e. The topological polar surface area (TPSA) is 47.6 Å². The molecule has 0 aliphatic rings. The molecule has 0 heterocycles. The van der Waals surface area contributed by atoms with Crippen LogP contribution in [-0.4, -0.2) is 19.1 Å². The van der Waals surface area contributed by atoms with Crippen LogP contribution in [0.15, 0.2) is 48.5 Å². The molecule has 0 aliphatic heterocycles. The number of hydrogen-bond acceptors (Lipinski definition) is 3. The minimum atomic E-state index is -0.187. The van der Waals surface area contributed by atoms with Crippen LogP contribution in [0.4, 0.5) is 5.69 Å². The summed E-state index contributed by atoms with van der Waals surface area (Å²) >= 11 is 0. The molecule has 0 saturated heterocycles. The van der Waals surface area contributed by atoms with Crippen molar-refractivity contribution in [2.24, 2.45) is 5.92 Å². The van der Waals surface area contributed by atoms with Gasteiger partial charge in [0.1, 0.15) is 11.5 Å². The van der Waals surface area contributed by atoms with Crippen molar-refractivity contribution in [3.05, 3.63) is 54.1 Å². The van der Waals surface area contributed by atoms with Gasteiger partial charge in [0, 0.05) is 5.69 Å². The number of amides is 1. The molecule has 2 aromatic rings. The summed E-state index contributed by atoms with van der Waals surface area (Å²) in [6.07, 6.45) is 2.01. The fourth-order valence-electron chi connectivity index (χ4n) is 2.21. The number of carbonyl (C=O) groups is 1. The molecule has 2 rings (SSSR count). The predicted octanol–water partition coefficient (Wildman–Crippen LogP) is 4.69. The smallest absolute Gasteiger partial charge is 0.262 e. The van der Waals surface area contributed by atoms with E-state index in [2.05, 4.69) is 26.1 Å². The summed E-state index contributed by atoms with van der Waals surface area (Å²) < 4.78 is 11.2. The van der Waals surface area contributed by atoms with Crippen molar-refractivity contribution in [2.45, 2.75) is 33.6 Å². The summed E-state index contributed by atoms with van der Waals surface area (Å²) in [5.41, 5.74) is 1.97. The molecule has 0 spiro atoms. The van der Waals surface area contributed by atoms with Gasteiger partial charge in [0.25, 0.3) is 5.91 Å². The van der Waals surface area contributed by atoms with Crippen LogP contribution in [0.5, 0.6) is 11.5 Å². The number of anilines is 1. The average Bonchev–Trinajstić information content (AvgIpc) is 2.61. The number of nitrogens with one attached hydrogen (secondary N) is 1. The molecule has 1 amide bonds. The van der Waals surface area contributed by atoms with Crippen molar-refractivity contribution in [2.75, 3.05) is 18.5 Å². The Balaban J connectivity index is 1.75. The first kappa shape index (κ1) is 18.8. The molecular formula is C21H27NO3. The van der Waals surface area contributed by atoms with E-state index in [-0.39, 0.29) is 12.5 Å². The van der Waals surface area contributed by atoms with E-state index in [0.717, 1.165) is 24.3 Å². The number of hydrogen-bond donors (Lipinski definition) is 1. The van der Waals surface area contributed by atoms with Crippen molar-refractivity contribution in [1.29, 1.82) is 0 Å². The van der Waals surface area contributed by atoms with E-state index in [1.54, 1.807) is 0 Å². The first-order valence-corrected chi connectivity index (χ1v) is 8.81. The van der Waals surface area contributed by atoms with Crippen LogP contribution >= 0.6 is 0 Å². The Labute approximate surface area is 150 Å². The van der Waals surface area contributed by atoms with Gasteiger partial charge in [0.05, 0.1) is 6.61 Å². The second-order valence-corrected chi connectivity index (χ2v) is 6.39. The van der Waals surface area contributed by atoms with E-state index in [4.69, 9.17) is 9.47 Å². The molecule has 0 fully saturated rings. The Kier molecular flexibility index (Phi) is 7.33. The molecule has 4 nitrogen and oxygen atoms in total. The molecule has 0 atom stereocenters. The van der Waals surface area contributed by atoms with Crippen LogP contribution in [-0.2, 0) is 11.2 Å². The SMILES string of the molecule is CCc1ccc(OCC(=O)Nc2ccc(OCCC(C)C)cc2)cc1. The van der Waals surface area contributed by atoms with Gasteiger partial charge in [-0.1, -0.05) is 32.9 Å². The zero-order valence-electron chi connectivity index (χ0n) is 15.2. The number of rotatable bonds is 9. The molecule has 134 valence electrons. The maximum absolute atomic E-state index is 12.0. The summed E-state index contributed by atoms with van der Waals surface area (Å²) in [5.74, 6) is 1.94. The summed E-state index contributed by atoms with van der Waals surface area (Å²) in [7, 11) is 0. The second kappa shape index (κ2) is 9.72. The third kappa shape index (κ3) is 6.87. The van der Waals surface area contributed by atoms with Gasteiger partial charge in [-0.25, -0.2) is 0 Å². The fraction of sp³-hybridized carbons (Fsp3) is 0.381. The van der Waals surface area contributed by atoms with E-state index in [9.17, 15) is 4.79 Å². The normalized spacial score (nSPS) is 10.6. The minimum Gasteiger partial charge on any atom is -0.494 e. The molecule has 0 radical (unpaired) electrons. The lowest BCUT2D eigenvalue weighted by Gasteiger charge is -2.10. The third-order valence-electron chi connectivity index (χ3n) is 3.80. The summed E-state index contributed by atoms with van der Waals surface area (Å²) in [4.78, 5) is 12.0. The lowest BCUT2D eigenvalue weighted by molar-refractivity contribution is -0.118. The van der Waals surface area contributed by atoms with Gasteiger partial charge in [0.2, 0.25) is 0 Å². The van der Waals surface area contributed by atoms with Crippen molar-refractivity contribution >= 4 is 11.6 Å². The van der Waals surface area contributed by atoms with Crippen molar-refractivity contribution < 1.29 is 14.3 Å². The van der Waals surface area contributed by atoms with Crippen molar-refractivity contribution in [1.82, 2.24) is 0 Å². The van der Waals surface area contributed by atoms with E-state index in [1.807, 2.05) is 48.5 Å². The van der Waals surface area contributed by atoms with Crippen LogP contribution in [0.1, 0.15) is 32.8 Å². The van der Waals surface area contributed by atoms with Crippen LogP contribution < -0.4 is 14.8 Å². The maximum atomic E-state index is 12.0. The lowest BCUT2D eigenvalue weighted by Crippen LogP contribution is -2.20. The Bertz CT molecular complexity index is 648. The molecule has 0 aromatic heterocycles. The molecule has 0 aliphatic carbocycles. The molecular weight excluding hydrogens is 314 g/mol. The maximum Gasteiger partial charge on any atom is 0.262 e. The zero-order chi connectivity index (χ0) is 18.1. The number of aryl methyl sites for hydroxylation is 1. The molecule has 0 bridgehead atoms. The number of benzene rings is 2. The quantitative estimate of drug-likeness (QED) is 0.720. The molecule has 0 saturated carbocycles. The van der Waals surface area contributed by atoms with Crippen LogP contribution in [0, 0.1) is 5.92 Å². The highest BCUT2D eigenvalue weighted by atomic mass is 16.5. The van der Waals surface area contributed by atoms with Crippen molar-refractivity contribution in [3.63, 3.8) is 0 Å². The Morgan fingerprint density at radius 2 is 1.56 bits per heavy atom. The fourth-order valence-corrected chi connectivity index (χ4v) is 2.21. The van der Waals surface area contributed by atoms with Gasteiger partial charge in [0.15, 0.2) is 6.61 Å². The Morgan fingerprint density at radius 3 is 2.16 bits per heavy atom. The standard InChI is InChI=1S/C21H27NO3/c1-4-17-5-9-20(10-6-17)25-15-21(23)22-18-7-11-19(12-8-18)24-14-13-16(2)3/h5-12,16H,4,13-15H2,1-3H3,(H,22,23). The Morgan fingerprint density at radius 1 is 0.960 bits per heavy atom. The molecule has 25 heavy (non-hydrogen) atoms. The van der Waals surface area contributed by atoms with E-state index in [0.29, 0.717) is 18.3 Å². The number of ether oxygens (including phenoxy) is 2. The Hall–Kier alpha value is -2.49. The minimum absolute atomic E-state index is 0.0158. The summed E-state index contributed by atoms with van der Waals surface area (Å²) in [6.45, 7) is 7.13. The van der Waals surface area contributed by atoms with Crippen LogP contribution in [0.3, 0.4) is 0 Å². The monoisotopic (exact) mass is 341 g/mol. The zero-order valence-corrected chi connectivity index (χ0v) is 15.2. The van der Waals surface area contributed by atoms with Gasteiger partial charge in [-0.2, -0.15) is 0 Å². The summed E-state index contributed by atoms with van der Waals surface area (Å²) in [6, 6.07) is 15.2. The van der Waals surface area contributed by atoms with Crippen LogP contribution in [0.25, 0.3) is 0 Å². The van der Waals surface area contributed by atoms with Gasteiger partial charge in [-0.3, -0.25) is 4.79 Å². The number of carbonyl (C=O) groups excluding carboxylic acids is 1. The highest BCUT2D eigenvalue weighted by Crippen LogP contribution is 2.17. The van der Waals surface area contributed by atoms with Crippen LogP contribution in [0.2, 0.25) is 0 Å². The third-order valence-corrected chi connectivity index (χ3v) is 3.80. The highest BCUT2D eigenvalue weighted by molar-refractivity contribution is 5.91. The average molecular weight is 341 g/mol. The second-order valence-electron chi connectivity index (χ2n) is 6.39. The predicted molar refractivity (Wildman–Crippen MR) is 101 cm³/mol. The molecule has 4 heteroatoms. The van der Waals surface area contributed by atoms with E-state index >= 15 is 0 Å². The van der Waals surface area contributed by atoms with Gasteiger partial charge >= 0.3 is 0 Å². The lowest BCUT2D eigenvalue weighted by atomic mass is 10.1. The highest BCUT2D eigenvalue weighted by Gasteiger charge is 2.04.